The third kappa shape index (κ3) is 6.69. The molecule has 0 bridgehead atoms. The number of para-hydroxylation sites is 1. The highest BCUT2D eigenvalue weighted by molar-refractivity contribution is 6.00. The number of aromatic hydroxyl groups is 2. The van der Waals surface area contributed by atoms with E-state index >= 15 is 0 Å². The number of carbonyl (C=O) groups is 4. The van der Waals surface area contributed by atoms with Crippen molar-refractivity contribution in [3.8, 4) is 11.5 Å². The maximum absolute atomic E-state index is 12.3. The first-order valence-electron chi connectivity index (χ1n) is 8.09. The lowest BCUT2D eigenvalue weighted by atomic mass is 10.1. The minimum absolute atomic E-state index is 0.431. The van der Waals surface area contributed by atoms with Gasteiger partial charge in [-0.05, 0) is 12.1 Å². The van der Waals surface area contributed by atoms with Crippen LogP contribution >= 0.6 is 0 Å². The highest BCUT2D eigenvalue weighted by atomic mass is 16.6. The largest absolute Gasteiger partial charge is 0.504 e. The Labute approximate surface area is 163 Å². The van der Waals surface area contributed by atoms with Gasteiger partial charge in [0, 0.05) is 0 Å². The third-order valence-electron chi connectivity index (χ3n) is 3.44. The Morgan fingerprint density at radius 3 is 2.14 bits per heavy atom. The Hall–Kier alpha value is -3.26. The minimum atomic E-state index is -1.76. The van der Waals surface area contributed by atoms with Gasteiger partial charge in [0.25, 0.3) is 5.91 Å². The topological polar surface area (TPSA) is 232 Å². The Balaban J connectivity index is 2.98. The number of nitrogens with two attached hydrogens (primary N) is 2. The minimum Gasteiger partial charge on any atom is -0.504 e. The van der Waals surface area contributed by atoms with Crippen LogP contribution in [0.1, 0.15) is 10.4 Å². The molecule has 13 nitrogen and oxygen atoms in total. The first kappa shape index (κ1) is 23.8. The molecule has 0 radical (unpaired) electrons. The number of phenolic OH excluding ortho intramolecular Hbond substituents is 2. The van der Waals surface area contributed by atoms with E-state index in [0.717, 1.165) is 12.1 Å². The average Bonchev–Trinajstić information content (AvgIpc) is 2.70. The van der Waals surface area contributed by atoms with Crippen LogP contribution in [0, 0.1) is 0 Å². The van der Waals surface area contributed by atoms with Gasteiger partial charge in [0.2, 0.25) is 0 Å². The van der Waals surface area contributed by atoms with Crippen molar-refractivity contribution in [3.05, 3.63) is 23.8 Å². The monoisotopic (exact) mass is 415 g/mol. The summed E-state index contributed by atoms with van der Waals surface area (Å²) in [4.78, 5) is 47.6. The zero-order chi connectivity index (χ0) is 22.1. The van der Waals surface area contributed by atoms with Crippen molar-refractivity contribution in [3.63, 3.8) is 0 Å². The van der Waals surface area contributed by atoms with Gasteiger partial charge in [-0.2, -0.15) is 0 Å². The molecule has 0 spiro atoms. The first-order chi connectivity index (χ1) is 13.6. The second kappa shape index (κ2) is 10.9. The number of ether oxygens (including phenoxy) is 2. The van der Waals surface area contributed by atoms with Gasteiger partial charge in [-0.3, -0.25) is 9.59 Å². The van der Waals surface area contributed by atoms with Crippen LogP contribution in [0.15, 0.2) is 18.2 Å². The van der Waals surface area contributed by atoms with E-state index in [2.05, 4.69) is 10.1 Å². The number of hydrogen-bond acceptors (Lipinski definition) is 12. The van der Waals surface area contributed by atoms with Gasteiger partial charge in [-0.25, -0.2) is 9.59 Å². The number of esters is 3. The number of phenols is 2. The molecule has 29 heavy (non-hydrogen) atoms. The average molecular weight is 415 g/mol. The molecule has 0 heterocycles. The molecule has 0 fully saturated rings. The van der Waals surface area contributed by atoms with Crippen LogP contribution in [0.2, 0.25) is 0 Å². The van der Waals surface area contributed by atoms with Crippen LogP contribution in [0.3, 0.4) is 0 Å². The van der Waals surface area contributed by atoms with Gasteiger partial charge in [0.1, 0.15) is 18.7 Å². The summed E-state index contributed by atoms with van der Waals surface area (Å²) in [6.07, 6.45) is 0. The molecule has 1 rings (SSSR count). The Bertz CT molecular complexity index is 769. The summed E-state index contributed by atoms with van der Waals surface area (Å²) in [7, 11) is 0. The normalized spacial score (nSPS) is 13.7. The molecule has 0 aliphatic heterocycles. The second-order valence-corrected chi connectivity index (χ2v) is 5.65. The Kier molecular flexibility index (Phi) is 8.95. The van der Waals surface area contributed by atoms with Crippen molar-refractivity contribution in [1.29, 1.82) is 0 Å². The first-order valence-corrected chi connectivity index (χ1v) is 8.09. The molecule has 0 saturated heterocycles. The standard InChI is InChI=1S/C16H21N3O10/c17-8(4-20)14(25)28-6-10(16(27)29-15(26)9(18)5-21)19-13(24)7-2-1-3-11(22)12(7)23/h1-3,8-10,20-23H,4-6,17-18H2,(H,19,24)/t8-,9-,10-/m0/s1. The third-order valence-corrected chi connectivity index (χ3v) is 3.44. The molecular formula is C16H21N3O10. The molecule has 9 N–H and O–H groups in total. The highest BCUT2D eigenvalue weighted by Crippen LogP contribution is 2.28. The van der Waals surface area contributed by atoms with E-state index in [1.807, 2.05) is 0 Å². The predicted molar refractivity (Wildman–Crippen MR) is 93.2 cm³/mol. The van der Waals surface area contributed by atoms with E-state index in [0.29, 0.717) is 0 Å². The van der Waals surface area contributed by atoms with Crippen molar-refractivity contribution in [1.82, 2.24) is 5.32 Å². The molecule has 0 unspecified atom stereocenters. The van der Waals surface area contributed by atoms with E-state index in [1.54, 1.807) is 0 Å². The van der Waals surface area contributed by atoms with Crippen LogP contribution in [0.5, 0.6) is 11.5 Å². The molecule has 1 amide bonds. The number of amides is 1. The maximum Gasteiger partial charge on any atom is 0.339 e. The summed E-state index contributed by atoms with van der Waals surface area (Å²) in [5.41, 5.74) is 10.0. The highest BCUT2D eigenvalue weighted by Gasteiger charge is 2.30. The molecule has 0 aliphatic carbocycles. The molecule has 3 atom stereocenters. The van der Waals surface area contributed by atoms with Crippen LogP contribution in [-0.2, 0) is 23.9 Å². The van der Waals surface area contributed by atoms with Gasteiger partial charge in [0.05, 0.1) is 18.8 Å². The number of hydrogen-bond donors (Lipinski definition) is 7. The van der Waals surface area contributed by atoms with Crippen molar-refractivity contribution in [2.45, 2.75) is 18.1 Å². The number of benzene rings is 1. The van der Waals surface area contributed by atoms with Crippen LogP contribution in [0.4, 0.5) is 0 Å². The van der Waals surface area contributed by atoms with Gasteiger partial charge in [-0.1, -0.05) is 6.07 Å². The lowest BCUT2D eigenvalue weighted by Crippen LogP contribution is -2.49. The van der Waals surface area contributed by atoms with Crippen LogP contribution in [-0.4, -0.2) is 82.2 Å². The van der Waals surface area contributed by atoms with Crippen molar-refractivity contribution < 1.29 is 49.1 Å². The van der Waals surface area contributed by atoms with Gasteiger partial charge in [0.15, 0.2) is 17.5 Å². The van der Waals surface area contributed by atoms with E-state index in [4.69, 9.17) is 26.4 Å². The molecule has 13 heteroatoms. The fourth-order valence-corrected chi connectivity index (χ4v) is 1.79. The predicted octanol–water partition coefficient (Wildman–Crippen LogP) is -3.55. The fraction of sp³-hybridized carbons (Fsp3) is 0.375. The number of nitrogens with one attached hydrogen (secondary N) is 1. The molecule has 160 valence electrons. The van der Waals surface area contributed by atoms with Crippen molar-refractivity contribution in [2.75, 3.05) is 19.8 Å². The molecular weight excluding hydrogens is 394 g/mol. The smallest absolute Gasteiger partial charge is 0.339 e. The number of aliphatic hydroxyl groups excluding tert-OH is 2. The lowest BCUT2D eigenvalue weighted by molar-refractivity contribution is -0.164. The van der Waals surface area contributed by atoms with Gasteiger partial charge in [-0.15, -0.1) is 0 Å². The summed E-state index contributed by atoms with van der Waals surface area (Å²) in [6.45, 7) is -2.42. The van der Waals surface area contributed by atoms with E-state index in [9.17, 15) is 29.4 Å². The summed E-state index contributed by atoms with van der Waals surface area (Å²) in [5, 5.41) is 38.9. The summed E-state index contributed by atoms with van der Waals surface area (Å²) in [5.74, 6) is -6.29. The van der Waals surface area contributed by atoms with Gasteiger partial charge < -0.3 is 46.7 Å². The van der Waals surface area contributed by atoms with E-state index in [1.165, 1.54) is 6.07 Å². The number of carbonyl (C=O) groups excluding carboxylic acids is 4. The van der Waals surface area contributed by atoms with E-state index < -0.39 is 78.8 Å². The summed E-state index contributed by atoms with van der Waals surface area (Å²) >= 11 is 0. The van der Waals surface area contributed by atoms with Gasteiger partial charge >= 0.3 is 17.9 Å². The Morgan fingerprint density at radius 1 is 0.966 bits per heavy atom. The van der Waals surface area contributed by atoms with Crippen molar-refractivity contribution >= 4 is 23.8 Å². The SMILES string of the molecule is N[C@@H](CO)C(=O)OC[C@H](NC(=O)c1cccc(O)c1O)C(=O)OC(=O)[C@@H](N)CO. The van der Waals surface area contributed by atoms with Crippen molar-refractivity contribution in [2.24, 2.45) is 11.5 Å². The lowest BCUT2D eigenvalue weighted by Gasteiger charge is -2.19. The fourth-order valence-electron chi connectivity index (χ4n) is 1.79. The quantitative estimate of drug-likeness (QED) is 0.118. The van der Waals surface area contributed by atoms with E-state index in [-0.39, 0.29) is 0 Å². The number of rotatable bonds is 9. The molecule has 0 aliphatic rings. The second-order valence-electron chi connectivity index (χ2n) is 5.65. The maximum atomic E-state index is 12.3. The molecule has 1 aromatic carbocycles. The zero-order valence-electron chi connectivity index (χ0n) is 15.0. The Morgan fingerprint density at radius 2 is 1.55 bits per heavy atom. The summed E-state index contributed by atoms with van der Waals surface area (Å²) < 4.78 is 9.11. The molecule has 0 saturated carbocycles. The number of aliphatic hydroxyl groups is 2. The molecule has 0 aromatic heterocycles. The van der Waals surface area contributed by atoms with Crippen LogP contribution < -0.4 is 16.8 Å². The summed E-state index contributed by atoms with van der Waals surface area (Å²) in [6, 6.07) is -1.24. The molecule has 1 aromatic rings. The zero-order valence-corrected chi connectivity index (χ0v) is 15.0. The van der Waals surface area contributed by atoms with Crippen LogP contribution in [0.25, 0.3) is 0 Å².